The third kappa shape index (κ3) is 3.03. The Labute approximate surface area is 145 Å². The predicted molar refractivity (Wildman–Crippen MR) is 94.9 cm³/mol. The highest BCUT2D eigenvalue weighted by atomic mass is 16.7. The molecule has 0 unspecified atom stereocenters. The van der Waals surface area contributed by atoms with Crippen LogP contribution in [0.3, 0.4) is 0 Å². The molecule has 6 heteroatoms. The van der Waals surface area contributed by atoms with E-state index in [4.69, 9.17) is 9.47 Å². The smallest absolute Gasteiger partial charge is 0.244 e. The Hall–Kier alpha value is -3.02. The summed E-state index contributed by atoms with van der Waals surface area (Å²) in [5.41, 5.74) is 2.59. The molecule has 25 heavy (non-hydrogen) atoms. The van der Waals surface area contributed by atoms with Crippen molar-refractivity contribution in [3.8, 4) is 11.5 Å². The number of para-hydroxylation sites is 2. The number of benzene rings is 2. The summed E-state index contributed by atoms with van der Waals surface area (Å²) >= 11 is 0. The highest BCUT2D eigenvalue weighted by molar-refractivity contribution is 5.92. The molecule has 4 rings (SSSR count). The van der Waals surface area contributed by atoms with Crippen molar-refractivity contribution in [1.29, 1.82) is 0 Å². The summed E-state index contributed by atoms with van der Waals surface area (Å²) in [7, 11) is 0. The summed E-state index contributed by atoms with van der Waals surface area (Å²) < 4.78 is 12.6. The molecule has 0 fully saturated rings. The van der Waals surface area contributed by atoms with Crippen LogP contribution < -0.4 is 14.8 Å². The minimum absolute atomic E-state index is 0.0978. The zero-order valence-electron chi connectivity index (χ0n) is 14.0. The molecule has 0 saturated heterocycles. The van der Waals surface area contributed by atoms with Gasteiger partial charge >= 0.3 is 0 Å². The molecule has 0 spiro atoms. The average molecular weight is 337 g/mol. The van der Waals surface area contributed by atoms with Gasteiger partial charge in [-0.1, -0.05) is 19.1 Å². The summed E-state index contributed by atoms with van der Waals surface area (Å²) in [4.78, 5) is 17.2. The van der Waals surface area contributed by atoms with E-state index >= 15 is 0 Å². The van der Waals surface area contributed by atoms with Gasteiger partial charge in [-0.15, -0.1) is 0 Å². The van der Waals surface area contributed by atoms with Crippen LogP contribution >= 0.6 is 0 Å². The SMILES string of the molecule is CCCc1nc2ccccc2n1CC(=O)Nc1ccc2c(c1)OCO2. The first-order chi connectivity index (χ1) is 12.2. The monoisotopic (exact) mass is 337 g/mol. The van der Waals surface area contributed by atoms with Gasteiger partial charge in [0.15, 0.2) is 11.5 Å². The van der Waals surface area contributed by atoms with Gasteiger partial charge in [-0.3, -0.25) is 4.79 Å². The number of hydrogen-bond donors (Lipinski definition) is 1. The Morgan fingerprint density at radius 3 is 2.92 bits per heavy atom. The summed E-state index contributed by atoms with van der Waals surface area (Å²) in [5, 5.41) is 2.92. The number of aryl methyl sites for hydroxylation is 1. The third-order valence-corrected chi connectivity index (χ3v) is 4.17. The normalized spacial score (nSPS) is 12.5. The molecule has 3 aromatic rings. The number of fused-ring (bicyclic) bond motifs is 2. The second-order valence-corrected chi connectivity index (χ2v) is 5.97. The fourth-order valence-electron chi connectivity index (χ4n) is 3.03. The molecule has 128 valence electrons. The lowest BCUT2D eigenvalue weighted by Crippen LogP contribution is -2.20. The number of carbonyl (C=O) groups is 1. The van der Waals surface area contributed by atoms with E-state index in [2.05, 4.69) is 17.2 Å². The molecule has 1 aliphatic rings. The van der Waals surface area contributed by atoms with E-state index in [-0.39, 0.29) is 19.2 Å². The minimum atomic E-state index is -0.0978. The second-order valence-electron chi connectivity index (χ2n) is 5.97. The Balaban J connectivity index is 1.56. The van der Waals surface area contributed by atoms with Gasteiger partial charge in [-0.25, -0.2) is 4.98 Å². The number of ether oxygens (including phenoxy) is 2. The van der Waals surface area contributed by atoms with Gasteiger partial charge in [-0.2, -0.15) is 0 Å². The van der Waals surface area contributed by atoms with Gasteiger partial charge in [0.25, 0.3) is 0 Å². The van der Waals surface area contributed by atoms with Crippen LogP contribution in [-0.4, -0.2) is 22.3 Å². The maximum Gasteiger partial charge on any atom is 0.244 e. The third-order valence-electron chi connectivity index (χ3n) is 4.17. The molecule has 0 radical (unpaired) electrons. The van der Waals surface area contributed by atoms with E-state index in [0.29, 0.717) is 17.2 Å². The lowest BCUT2D eigenvalue weighted by Gasteiger charge is -2.10. The van der Waals surface area contributed by atoms with E-state index in [9.17, 15) is 4.79 Å². The number of imidazole rings is 1. The lowest BCUT2D eigenvalue weighted by molar-refractivity contribution is -0.116. The van der Waals surface area contributed by atoms with Crippen molar-refractivity contribution in [2.24, 2.45) is 0 Å². The van der Waals surface area contributed by atoms with Crippen molar-refractivity contribution in [3.63, 3.8) is 0 Å². The number of anilines is 1. The largest absolute Gasteiger partial charge is 0.454 e. The maximum atomic E-state index is 12.5. The van der Waals surface area contributed by atoms with E-state index < -0.39 is 0 Å². The molecule has 0 aliphatic carbocycles. The molecule has 2 heterocycles. The molecular formula is C19H19N3O3. The summed E-state index contributed by atoms with van der Waals surface area (Å²) in [6, 6.07) is 13.3. The van der Waals surface area contributed by atoms with Crippen molar-refractivity contribution < 1.29 is 14.3 Å². The van der Waals surface area contributed by atoms with E-state index in [1.54, 1.807) is 12.1 Å². The van der Waals surface area contributed by atoms with E-state index in [1.807, 2.05) is 34.9 Å². The van der Waals surface area contributed by atoms with Gasteiger partial charge in [0.2, 0.25) is 12.7 Å². The second kappa shape index (κ2) is 6.47. The summed E-state index contributed by atoms with van der Waals surface area (Å²) in [5.74, 6) is 2.19. The van der Waals surface area contributed by atoms with Crippen molar-refractivity contribution in [1.82, 2.24) is 9.55 Å². The standard InChI is InChI=1S/C19H19N3O3/c1-2-5-18-21-14-6-3-4-7-15(14)22(18)11-19(23)20-13-8-9-16-17(10-13)25-12-24-16/h3-4,6-10H,2,5,11-12H2,1H3,(H,20,23). The fraction of sp³-hybridized carbons (Fsp3) is 0.263. The first-order valence-electron chi connectivity index (χ1n) is 8.38. The topological polar surface area (TPSA) is 65.4 Å². The number of nitrogens with one attached hydrogen (secondary N) is 1. The Morgan fingerprint density at radius 2 is 2.04 bits per heavy atom. The predicted octanol–water partition coefficient (Wildman–Crippen LogP) is 3.36. The van der Waals surface area contributed by atoms with Crippen molar-refractivity contribution >= 4 is 22.6 Å². The van der Waals surface area contributed by atoms with Gasteiger partial charge in [0.05, 0.1) is 11.0 Å². The Bertz CT molecular complexity index is 933. The zero-order chi connectivity index (χ0) is 17.2. The molecule has 0 saturated carbocycles. The highest BCUT2D eigenvalue weighted by Gasteiger charge is 2.16. The van der Waals surface area contributed by atoms with Crippen LogP contribution in [0.1, 0.15) is 19.2 Å². The van der Waals surface area contributed by atoms with E-state index in [0.717, 1.165) is 29.7 Å². The molecule has 0 bridgehead atoms. The van der Waals surface area contributed by atoms with Gasteiger partial charge in [-0.05, 0) is 30.7 Å². The highest BCUT2D eigenvalue weighted by Crippen LogP contribution is 2.34. The van der Waals surface area contributed by atoms with Crippen LogP contribution in [0.4, 0.5) is 5.69 Å². The van der Waals surface area contributed by atoms with Crippen LogP contribution in [0.25, 0.3) is 11.0 Å². The lowest BCUT2D eigenvalue weighted by atomic mass is 10.2. The number of nitrogens with zero attached hydrogens (tertiary/aromatic N) is 2. The summed E-state index contributed by atoms with van der Waals surface area (Å²) in [6.45, 7) is 2.55. The molecule has 1 amide bonds. The fourth-order valence-corrected chi connectivity index (χ4v) is 3.03. The molecule has 1 aliphatic heterocycles. The maximum absolute atomic E-state index is 12.5. The zero-order valence-corrected chi connectivity index (χ0v) is 14.0. The van der Waals surface area contributed by atoms with Gasteiger partial charge in [0.1, 0.15) is 12.4 Å². The van der Waals surface area contributed by atoms with Crippen LogP contribution in [0, 0.1) is 0 Å². The molecule has 1 N–H and O–H groups in total. The summed E-state index contributed by atoms with van der Waals surface area (Å²) in [6.07, 6.45) is 1.82. The van der Waals surface area contributed by atoms with Gasteiger partial charge in [0, 0.05) is 18.2 Å². The molecule has 6 nitrogen and oxygen atoms in total. The van der Waals surface area contributed by atoms with Crippen molar-refractivity contribution in [2.75, 3.05) is 12.1 Å². The molecule has 0 atom stereocenters. The average Bonchev–Trinajstić information content (AvgIpc) is 3.20. The molecular weight excluding hydrogens is 318 g/mol. The van der Waals surface area contributed by atoms with Crippen LogP contribution in [-0.2, 0) is 17.8 Å². The van der Waals surface area contributed by atoms with Crippen LogP contribution in [0.15, 0.2) is 42.5 Å². The number of rotatable bonds is 5. The Morgan fingerprint density at radius 1 is 1.20 bits per heavy atom. The van der Waals surface area contributed by atoms with Gasteiger partial charge < -0.3 is 19.4 Å². The van der Waals surface area contributed by atoms with E-state index in [1.165, 1.54) is 0 Å². The minimum Gasteiger partial charge on any atom is -0.454 e. The van der Waals surface area contributed by atoms with Crippen LogP contribution in [0.2, 0.25) is 0 Å². The number of carbonyl (C=O) groups excluding carboxylic acids is 1. The number of aromatic nitrogens is 2. The van der Waals surface area contributed by atoms with Crippen LogP contribution in [0.5, 0.6) is 11.5 Å². The quantitative estimate of drug-likeness (QED) is 0.775. The van der Waals surface area contributed by atoms with Crippen molar-refractivity contribution in [2.45, 2.75) is 26.3 Å². The molecule has 2 aromatic carbocycles. The Kier molecular flexibility index (Phi) is 4.01. The first-order valence-corrected chi connectivity index (χ1v) is 8.38. The number of hydrogen-bond acceptors (Lipinski definition) is 4. The first kappa shape index (κ1) is 15.5. The van der Waals surface area contributed by atoms with Crippen molar-refractivity contribution in [3.05, 3.63) is 48.3 Å². The number of amides is 1. The molecule has 1 aromatic heterocycles.